The molecule has 1 saturated heterocycles. The van der Waals surface area contributed by atoms with Gasteiger partial charge in [0.05, 0.1) is 16.0 Å². The van der Waals surface area contributed by atoms with E-state index in [2.05, 4.69) is 0 Å². The maximum Gasteiger partial charge on any atom is 0.392 e. The number of carbonyl (C=O) groups excluding carboxylic acids is 1. The molecule has 1 amide bonds. The lowest BCUT2D eigenvalue weighted by atomic mass is 9.58. The van der Waals surface area contributed by atoms with Crippen molar-refractivity contribution < 1.29 is 18.0 Å². The number of benzene rings is 1. The van der Waals surface area contributed by atoms with Gasteiger partial charge in [-0.25, -0.2) is 0 Å². The molecule has 1 unspecified atom stereocenters. The number of rotatable bonds is 1. The highest BCUT2D eigenvalue weighted by Crippen LogP contribution is 2.56. The maximum atomic E-state index is 13.3. The molecule has 1 aromatic rings. The minimum absolute atomic E-state index is 0.0312. The topological polar surface area (TPSA) is 20.3 Å². The summed E-state index contributed by atoms with van der Waals surface area (Å²) in [5.74, 6) is -1.59. The quantitative estimate of drug-likeness (QED) is 0.670. The van der Waals surface area contributed by atoms with Crippen LogP contribution in [0.25, 0.3) is 0 Å². The summed E-state index contributed by atoms with van der Waals surface area (Å²) in [6, 6.07) is 4.55. The van der Waals surface area contributed by atoms with E-state index in [4.69, 9.17) is 23.2 Å². The van der Waals surface area contributed by atoms with Crippen molar-refractivity contribution >= 4 is 29.1 Å². The number of halogens is 5. The molecule has 2 nitrogen and oxygen atoms in total. The Morgan fingerprint density at radius 1 is 1.22 bits per heavy atom. The van der Waals surface area contributed by atoms with Gasteiger partial charge < -0.3 is 4.90 Å². The summed E-state index contributed by atoms with van der Waals surface area (Å²) in [7, 11) is 0. The van der Waals surface area contributed by atoms with Crippen molar-refractivity contribution in [3.05, 3.63) is 33.8 Å². The van der Waals surface area contributed by atoms with Crippen molar-refractivity contribution in [2.75, 3.05) is 13.1 Å². The SMILES string of the molecule is O=C(c1ccc(Cl)c(Cl)c1)N1CCC(C(F)(F)F)C2(CCC2)C1. The van der Waals surface area contributed by atoms with Crippen LogP contribution in [0.2, 0.25) is 10.0 Å². The number of alkyl halides is 3. The van der Waals surface area contributed by atoms with Gasteiger partial charge in [-0.3, -0.25) is 4.79 Å². The number of nitrogens with zero attached hydrogens (tertiary/aromatic N) is 1. The zero-order valence-electron chi connectivity index (χ0n) is 12.3. The van der Waals surface area contributed by atoms with Gasteiger partial charge >= 0.3 is 6.18 Å². The molecule has 1 aromatic carbocycles. The van der Waals surface area contributed by atoms with Crippen LogP contribution in [0.3, 0.4) is 0 Å². The van der Waals surface area contributed by atoms with E-state index in [9.17, 15) is 18.0 Å². The first-order chi connectivity index (χ1) is 10.7. The molecule has 0 radical (unpaired) electrons. The second-order valence-corrected chi connectivity index (χ2v) is 7.27. The van der Waals surface area contributed by atoms with Crippen molar-refractivity contribution in [1.29, 1.82) is 0 Å². The van der Waals surface area contributed by atoms with Crippen LogP contribution in [0, 0.1) is 11.3 Å². The van der Waals surface area contributed by atoms with E-state index in [-0.39, 0.29) is 30.4 Å². The third-order valence-corrected chi connectivity index (χ3v) is 5.87. The zero-order chi connectivity index (χ0) is 16.8. The van der Waals surface area contributed by atoms with Gasteiger partial charge in [-0.15, -0.1) is 0 Å². The molecule has 7 heteroatoms. The molecule has 1 atom stereocenters. The molecule has 0 bridgehead atoms. The largest absolute Gasteiger partial charge is 0.392 e. The van der Waals surface area contributed by atoms with E-state index < -0.39 is 17.5 Å². The van der Waals surface area contributed by atoms with E-state index in [0.717, 1.165) is 6.42 Å². The highest BCUT2D eigenvalue weighted by molar-refractivity contribution is 6.42. The van der Waals surface area contributed by atoms with Crippen LogP contribution < -0.4 is 0 Å². The molecule has 126 valence electrons. The van der Waals surface area contributed by atoms with Crippen molar-refractivity contribution in [3.8, 4) is 0 Å². The van der Waals surface area contributed by atoms with Crippen LogP contribution in [0.1, 0.15) is 36.0 Å². The average molecular weight is 366 g/mol. The Bertz CT molecular complexity index is 628. The number of amides is 1. The molecule has 0 aromatic heterocycles. The van der Waals surface area contributed by atoms with Crippen LogP contribution in [-0.2, 0) is 0 Å². The zero-order valence-corrected chi connectivity index (χ0v) is 13.8. The molecule has 1 aliphatic heterocycles. The molecule has 3 rings (SSSR count). The fourth-order valence-electron chi connectivity index (χ4n) is 3.79. The van der Waals surface area contributed by atoms with Crippen molar-refractivity contribution in [3.63, 3.8) is 0 Å². The van der Waals surface area contributed by atoms with Crippen molar-refractivity contribution in [2.45, 2.75) is 31.9 Å². The second-order valence-electron chi connectivity index (χ2n) is 6.45. The summed E-state index contributed by atoms with van der Waals surface area (Å²) in [5, 5.41) is 0.607. The lowest BCUT2D eigenvalue weighted by Gasteiger charge is -2.54. The molecule has 1 heterocycles. The average Bonchev–Trinajstić information content (AvgIpc) is 2.46. The fraction of sp³-hybridized carbons (Fsp3) is 0.562. The van der Waals surface area contributed by atoms with Gasteiger partial charge in [-0.2, -0.15) is 13.2 Å². The van der Waals surface area contributed by atoms with Crippen molar-refractivity contribution in [1.82, 2.24) is 4.90 Å². The molecule has 0 N–H and O–H groups in total. The number of carbonyl (C=O) groups is 1. The minimum Gasteiger partial charge on any atom is -0.338 e. The Hall–Kier alpha value is -0.940. The summed E-state index contributed by atoms with van der Waals surface area (Å²) in [6.07, 6.45) is -2.37. The second kappa shape index (κ2) is 5.85. The third kappa shape index (κ3) is 3.05. The van der Waals surface area contributed by atoms with Gasteiger partial charge in [0.25, 0.3) is 5.91 Å². The van der Waals surface area contributed by atoms with E-state index in [1.807, 2.05) is 0 Å². The van der Waals surface area contributed by atoms with E-state index >= 15 is 0 Å². The van der Waals surface area contributed by atoms with Crippen LogP contribution in [0.15, 0.2) is 18.2 Å². The summed E-state index contributed by atoms with van der Waals surface area (Å²) >= 11 is 11.8. The number of hydrogen-bond acceptors (Lipinski definition) is 1. The van der Waals surface area contributed by atoms with Crippen LogP contribution >= 0.6 is 23.2 Å². The highest BCUT2D eigenvalue weighted by atomic mass is 35.5. The van der Waals surface area contributed by atoms with Gasteiger partial charge in [0.15, 0.2) is 0 Å². The van der Waals surface area contributed by atoms with E-state index in [1.165, 1.54) is 17.0 Å². The molecule has 23 heavy (non-hydrogen) atoms. The van der Waals surface area contributed by atoms with Gasteiger partial charge in [0, 0.05) is 18.7 Å². The van der Waals surface area contributed by atoms with Gasteiger partial charge in [0.1, 0.15) is 0 Å². The lowest BCUT2D eigenvalue weighted by Crippen LogP contribution is -2.57. The minimum atomic E-state index is -4.20. The van der Waals surface area contributed by atoms with Crippen LogP contribution in [-0.4, -0.2) is 30.1 Å². The summed E-state index contributed by atoms with van der Waals surface area (Å²) < 4.78 is 39.8. The van der Waals surface area contributed by atoms with Crippen LogP contribution in [0.4, 0.5) is 13.2 Å². The molecular weight excluding hydrogens is 350 g/mol. The smallest absolute Gasteiger partial charge is 0.338 e. The van der Waals surface area contributed by atoms with Gasteiger partial charge in [0.2, 0.25) is 0 Å². The van der Waals surface area contributed by atoms with Gasteiger partial charge in [-0.1, -0.05) is 29.6 Å². The third-order valence-electron chi connectivity index (χ3n) is 5.13. The number of piperidine rings is 1. The Morgan fingerprint density at radius 3 is 2.43 bits per heavy atom. The predicted molar refractivity (Wildman–Crippen MR) is 82.8 cm³/mol. The molecule has 1 saturated carbocycles. The standard InChI is InChI=1S/C16H16Cl2F3NO/c17-11-3-2-10(8-12(11)18)14(23)22-7-4-13(16(19,20)21)15(9-22)5-1-6-15/h2-3,8,13H,1,4-7,9H2. The van der Waals surface area contributed by atoms with Crippen molar-refractivity contribution in [2.24, 2.45) is 11.3 Å². The monoisotopic (exact) mass is 365 g/mol. The Labute approximate surface area is 142 Å². The first kappa shape index (κ1) is 16.9. The maximum absolute atomic E-state index is 13.3. The first-order valence-electron chi connectivity index (χ1n) is 7.54. The fourth-order valence-corrected chi connectivity index (χ4v) is 4.09. The highest BCUT2D eigenvalue weighted by Gasteiger charge is 2.58. The van der Waals surface area contributed by atoms with E-state index in [1.54, 1.807) is 6.07 Å². The Morgan fingerprint density at radius 2 is 1.91 bits per heavy atom. The number of hydrogen-bond donors (Lipinski definition) is 0. The predicted octanol–water partition coefficient (Wildman–Crippen LogP) is 5.19. The summed E-state index contributed by atoms with van der Waals surface area (Å²) in [4.78, 5) is 14.1. The first-order valence-corrected chi connectivity index (χ1v) is 8.30. The Balaban J connectivity index is 1.80. The van der Waals surface area contributed by atoms with Gasteiger partial charge in [-0.05, 0) is 42.9 Å². The summed E-state index contributed by atoms with van der Waals surface area (Å²) in [6.45, 7) is 0.279. The normalized spacial score (nSPS) is 23.7. The Kier molecular flexibility index (Phi) is 4.30. The molecule has 1 aliphatic carbocycles. The molecule has 2 fully saturated rings. The molecule has 2 aliphatic rings. The molecular formula is C16H16Cl2F3NO. The number of likely N-dealkylation sites (tertiary alicyclic amines) is 1. The summed E-state index contributed by atoms with van der Waals surface area (Å²) in [5.41, 5.74) is -0.443. The molecule has 1 spiro atoms. The van der Waals surface area contributed by atoms with Crippen LogP contribution in [0.5, 0.6) is 0 Å². The lowest BCUT2D eigenvalue weighted by molar-refractivity contribution is -0.235. The van der Waals surface area contributed by atoms with E-state index in [0.29, 0.717) is 23.4 Å².